The summed E-state index contributed by atoms with van der Waals surface area (Å²) in [7, 11) is 0. The number of rotatable bonds is 5. The van der Waals surface area contributed by atoms with Crippen molar-refractivity contribution in [2.24, 2.45) is 5.92 Å². The maximum absolute atomic E-state index is 11.4. The van der Waals surface area contributed by atoms with Gasteiger partial charge in [0.15, 0.2) is 5.78 Å². The molecule has 0 radical (unpaired) electrons. The van der Waals surface area contributed by atoms with Gasteiger partial charge in [0, 0.05) is 6.54 Å². The van der Waals surface area contributed by atoms with Crippen molar-refractivity contribution in [1.82, 2.24) is 4.37 Å². The van der Waals surface area contributed by atoms with Crippen LogP contribution in [0, 0.1) is 12.8 Å². The van der Waals surface area contributed by atoms with E-state index in [2.05, 4.69) is 23.5 Å². The SMILES string of the molecule is CCC(C)CNc1snc(C)c1C(C)=O. The standard InChI is InChI=1S/C11H18N2OS/c1-5-7(2)6-12-11-10(9(4)14)8(3)13-15-11/h7,12H,5-6H2,1-4H3. The second-order valence-electron chi connectivity index (χ2n) is 3.92. The summed E-state index contributed by atoms with van der Waals surface area (Å²) in [5, 5.41) is 4.22. The van der Waals surface area contributed by atoms with Crippen LogP contribution in [0.4, 0.5) is 5.00 Å². The fourth-order valence-electron chi connectivity index (χ4n) is 1.32. The van der Waals surface area contributed by atoms with Gasteiger partial charge in [-0.25, -0.2) is 0 Å². The maximum atomic E-state index is 11.4. The Bertz CT molecular complexity index is 346. The maximum Gasteiger partial charge on any atom is 0.164 e. The molecule has 1 atom stereocenters. The smallest absolute Gasteiger partial charge is 0.164 e. The molecule has 1 rings (SSSR count). The van der Waals surface area contributed by atoms with E-state index in [-0.39, 0.29) is 5.78 Å². The van der Waals surface area contributed by atoms with Crippen LogP contribution in [-0.4, -0.2) is 16.7 Å². The predicted molar refractivity (Wildman–Crippen MR) is 64.8 cm³/mol. The first-order valence-electron chi connectivity index (χ1n) is 5.27. The molecule has 1 heterocycles. The zero-order valence-electron chi connectivity index (χ0n) is 9.76. The number of carbonyl (C=O) groups excluding carboxylic acids is 1. The van der Waals surface area contributed by atoms with E-state index >= 15 is 0 Å². The van der Waals surface area contributed by atoms with Crippen molar-refractivity contribution >= 4 is 22.3 Å². The molecule has 0 spiro atoms. The Kier molecular flexibility index (Phi) is 4.27. The van der Waals surface area contributed by atoms with E-state index in [4.69, 9.17) is 0 Å². The number of hydrogen-bond donors (Lipinski definition) is 1. The molecule has 1 aromatic heterocycles. The van der Waals surface area contributed by atoms with Gasteiger partial charge in [-0.1, -0.05) is 20.3 Å². The Morgan fingerprint density at radius 2 is 2.27 bits per heavy atom. The van der Waals surface area contributed by atoms with Crippen LogP contribution in [-0.2, 0) is 0 Å². The van der Waals surface area contributed by atoms with Crippen molar-refractivity contribution in [2.45, 2.75) is 34.1 Å². The topological polar surface area (TPSA) is 42.0 Å². The minimum Gasteiger partial charge on any atom is -0.375 e. The van der Waals surface area contributed by atoms with Crippen molar-refractivity contribution in [2.75, 3.05) is 11.9 Å². The van der Waals surface area contributed by atoms with E-state index in [0.717, 1.165) is 29.2 Å². The second-order valence-corrected chi connectivity index (χ2v) is 4.70. The van der Waals surface area contributed by atoms with Crippen molar-refractivity contribution in [1.29, 1.82) is 0 Å². The van der Waals surface area contributed by atoms with Gasteiger partial charge in [0.1, 0.15) is 5.00 Å². The van der Waals surface area contributed by atoms with Gasteiger partial charge in [0.05, 0.1) is 11.3 Å². The van der Waals surface area contributed by atoms with Crippen LogP contribution in [0.5, 0.6) is 0 Å². The molecule has 0 saturated heterocycles. The van der Waals surface area contributed by atoms with Crippen LogP contribution in [0.2, 0.25) is 0 Å². The van der Waals surface area contributed by atoms with Crippen LogP contribution >= 0.6 is 11.5 Å². The Hall–Kier alpha value is -0.900. The lowest BCUT2D eigenvalue weighted by atomic mass is 10.1. The fraction of sp³-hybridized carbons (Fsp3) is 0.636. The van der Waals surface area contributed by atoms with E-state index in [0.29, 0.717) is 5.92 Å². The third-order valence-corrected chi connectivity index (χ3v) is 3.42. The number of aryl methyl sites for hydroxylation is 1. The minimum atomic E-state index is 0.0906. The van der Waals surface area contributed by atoms with Crippen LogP contribution in [0.25, 0.3) is 0 Å². The van der Waals surface area contributed by atoms with Gasteiger partial charge >= 0.3 is 0 Å². The lowest BCUT2D eigenvalue weighted by Gasteiger charge is -2.10. The molecule has 0 aromatic carbocycles. The molecule has 4 heteroatoms. The molecule has 84 valence electrons. The highest BCUT2D eigenvalue weighted by Gasteiger charge is 2.14. The Balaban J connectivity index is 2.73. The number of hydrogen-bond acceptors (Lipinski definition) is 4. The first kappa shape index (κ1) is 12.2. The molecule has 0 amide bonds. The Morgan fingerprint density at radius 3 is 2.80 bits per heavy atom. The summed E-state index contributed by atoms with van der Waals surface area (Å²) in [6.45, 7) is 8.72. The van der Waals surface area contributed by atoms with Crippen LogP contribution in [0.1, 0.15) is 43.2 Å². The molecule has 0 fully saturated rings. The lowest BCUT2D eigenvalue weighted by Crippen LogP contribution is -2.11. The third kappa shape index (κ3) is 3.02. The van der Waals surface area contributed by atoms with Gasteiger partial charge in [0.2, 0.25) is 0 Å². The fourth-order valence-corrected chi connectivity index (χ4v) is 2.17. The summed E-state index contributed by atoms with van der Waals surface area (Å²) in [5.74, 6) is 0.708. The van der Waals surface area contributed by atoms with Gasteiger partial charge in [0.25, 0.3) is 0 Å². The summed E-state index contributed by atoms with van der Waals surface area (Å²) in [5.41, 5.74) is 1.59. The molecule has 0 bridgehead atoms. The Labute approximate surface area is 95.1 Å². The highest BCUT2D eigenvalue weighted by molar-refractivity contribution is 7.10. The van der Waals surface area contributed by atoms with Gasteiger partial charge < -0.3 is 5.32 Å². The van der Waals surface area contributed by atoms with E-state index in [1.54, 1.807) is 6.92 Å². The zero-order valence-corrected chi connectivity index (χ0v) is 10.6. The second kappa shape index (κ2) is 5.26. The average Bonchev–Trinajstić information content (AvgIpc) is 2.56. The van der Waals surface area contributed by atoms with Gasteiger partial charge in [-0.15, -0.1) is 0 Å². The number of anilines is 1. The molecule has 1 N–H and O–H groups in total. The molecule has 1 unspecified atom stereocenters. The predicted octanol–water partition coefficient (Wildman–Crippen LogP) is 3.11. The highest BCUT2D eigenvalue weighted by atomic mass is 32.1. The van der Waals surface area contributed by atoms with E-state index < -0.39 is 0 Å². The molecule has 3 nitrogen and oxygen atoms in total. The van der Waals surface area contributed by atoms with Crippen molar-refractivity contribution < 1.29 is 4.79 Å². The monoisotopic (exact) mass is 226 g/mol. The van der Waals surface area contributed by atoms with Crippen molar-refractivity contribution in [3.05, 3.63) is 11.3 Å². The zero-order chi connectivity index (χ0) is 11.4. The number of nitrogens with zero attached hydrogens (tertiary/aromatic N) is 1. The van der Waals surface area contributed by atoms with E-state index in [1.807, 2.05) is 6.92 Å². The van der Waals surface area contributed by atoms with E-state index in [9.17, 15) is 4.79 Å². The molecular formula is C11H18N2OS. The van der Waals surface area contributed by atoms with Crippen LogP contribution in [0.3, 0.4) is 0 Å². The molecule has 0 aliphatic rings. The van der Waals surface area contributed by atoms with Gasteiger partial charge in [-0.3, -0.25) is 4.79 Å². The van der Waals surface area contributed by atoms with Crippen molar-refractivity contribution in [3.63, 3.8) is 0 Å². The first-order chi connectivity index (χ1) is 7.06. The van der Waals surface area contributed by atoms with Crippen LogP contribution in [0.15, 0.2) is 0 Å². The first-order valence-corrected chi connectivity index (χ1v) is 6.04. The molecule has 1 aromatic rings. The molecule has 15 heavy (non-hydrogen) atoms. The van der Waals surface area contributed by atoms with E-state index in [1.165, 1.54) is 11.5 Å². The molecule has 0 saturated carbocycles. The number of aromatic nitrogens is 1. The summed E-state index contributed by atoms with van der Waals surface area (Å²) < 4.78 is 4.20. The summed E-state index contributed by atoms with van der Waals surface area (Å²) in [6.07, 6.45) is 1.14. The molecular weight excluding hydrogens is 208 g/mol. The van der Waals surface area contributed by atoms with Gasteiger partial charge in [-0.2, -0.15) is 4.37 Å². The number of Topliss-reactive ketones (excluding diaryl/α,β-unsaturated/α-hetero) is 1. The number of carbonyl (C=O) groups is 1. The normalized spacial score (nSPS) is 12.5. The van der Waals surface area contributed by atoms with Crippen molar-refractivity contribution in [3.8, 4) is 0 Å². The number of ketones is 1. The average molecular weight is 226 g/mol. The minimum absolute atomic E-state index is 0.0906. The van der Waals surface area contributed by atoms with Crippen LogP contribution < -0.4 is 5.32 Å². The largest absolute Gasteiger partial charge is 0.375 e. The quantitative estimate of drug-likeness (QED) is 0.784. The molecule has 0 aliphatic heterocycles. The molecule has 0 aliphatic carbocycles. The third-order valence-electron chi connectivity index (χ3n) is 2.52. The van der Waals surface area contributed by atoms with Gasteiger partial charge in [-0.05, 0) is 31.3 Å². The lowest BCUT2D eigenvalue weighted by molar-refractivity contribution is 0.101. The number of nitrogens with one attached hydrogen (secondary N) is 1. The summed E-state index contributed by atoms with van der Waals surface area (Å²) in [4.78, 5) is 11.4. The summed E-state index contributed by atoms with van der Waals surface area (Å²) >= 11 is 1.38. The highest BCUT2D eigenvalue weighted by Crippen LogP contribution is 2.25. The Morgan fingerprint density at radius 1 is 1.60 bits per heavy atom. The summed E-state index contributed by atoms with van der Waals surface area (Å²) in [6, 6.07) is 0.